The maximum absolute atomic E-state index is 10.0. The van der Waals surface area contributed by atoms with Crippen LogP contribution in [-0.4, -0.2) is 16.8 Å². The second-order valence-electron chi connectivity index (χ2n) is 5.92. The Morgan fingerprint density at radius 3 is 2.77 bits per heavy atom. The fraction of sp³-hybridized carbons (Fsp3) is 0.333. The first kappa shape index (κ1) is 15.3. The van der Waals surface area contributed by atoms with Gasteiger partial charge in [0.05, 0.1) is 12.1 Å². The van der Waals surface area contributed by atoms with Gasteiger partial charge in [-0.2, -0.15) is 0 Å². The molecule has 0 aliphatic heterocycles. The number of aromatic hydroxyl groups is 1. The molecule has 0 radical (unpaired) electrons. The van der Waals surface area contributed by atoms with E-state index in [1.807, 2.05) is 18.2 Å². The predicted molar refractivity (Wildman–Crippen MR) is 88.1 cm³/mol. The number of benzene rings is 2. The summed E-state index contributed by atoms with van der Waals surface area (Å²) in [5, 5.41) is 23.7. The van der Waals surface area contributed by atoms with Crippen LogP contribution in [0.5, 0.6) is 5.75 Å². The molecule has 1 aliphatic rings. The molecule has 22 heavy (non-hydrogen) atoms. The first-order valence-corrected chi connectivity index (χ1v) is 7.93. The molecule has 4 heteroatoms. The number of hydrogen-bond donors (Lipinski definition) is 3. The first-order chi connectivity index (χ1) is 10.6. The summed E-state index contributed by atoms with van der Waals surface area (Å²) in [6, 6.07) is 13.3. The van der Waals surface area contributed by atoms with Crippen molar-refractivity contribution < 1.29 is 10.2 Å². The maximum atomic E-state index is 10.0. The normalized spacial score (nSPS) is 20.6. The van der Waals surface area contributed by atoms with E-state index in [0.717, 1.165) is 24.8 Å². The highest BCUT2D eigenvalue weighted by Gasteiger charge is 2.35. The van der Waals surface area contributed by atoms with Crippen molar-refractivity contribution in [2.75, 3.05) is 6.61 Å². The lowest BCUT2D eigenvalue weighted by Gasteiger charge is -2.39. The summed E-state index contributed by atoms with van der Waals surface area (Å²) in [7, 11) is 0. The van der Waals surface area contributed by atoms with Gasteiger partial charge in [0.25, 0.3) is 0 Å². The summed E-state index contributed by atoms with van der Waals surface area (Å²) in [5.41, 5.74) is 2.95. The Morgan fingerprint density at radius 1 is 1.18 bits per heavy atom. The van der Waals surface area contributed by atoms with E-state index in [-0.39, 0.29) is 12.4 Å². The molecule has 0 amide bonds. The number of fused-ring (bicyclic) bond motifs is 1. The summed E-state index contributed by atoms with van der Waals surface area (Å²) in [4.78, 5) is 0. The SMILES string of the molecule is OCC1(NCc2cc(O)cc(Cl)c2)CCCc2ccccc21. The molecule has 0 saturated carbocycles. The van der Waals surface area contributed by atoms with Gasteiger partial charge in [-0.15, -0.1) is 0 Å². The zero-order valence-electron chi connectivity index (χ0n) is 12.3. The Morgan fingerprint density at radius 2 is 2.00 bits per heavy atom. The molecule has 116 valence electrons. The van der Waals surface area contributed by atoms with Gasteiger partial charge < -0.3 is 15.5 Å². The van der Waals surface area contributed by atoms with Gasteiger partial charge in [0.2, 0.25) is 0 Å². The maximum Gasteiger partial charge on any atom is 0.117 e. The van der Waals surface area contributed by atoms with E-state index in [1.54, 1.807) is 6.07 Å². The molecule has 3 rings (SSSR count). The van der Waals surface area contributed by atoms with Gasteiger partial charge in [-0.1, -0.05) is 35.9 Å². The monoisotopic (exact) mass is 317 g/mol. The van der Waals surface area contributed by atoms with Crippen molar-refractivity contribution in [2.45, 2.75) is 31.3 Å². The molecule has 0 fully saturated rings. The van der Waals surface area contributed by atoms with Crippen molar-refractivity contribution in [2.24, 2.45) is 0 Å². The second kappa shape index (κ2) is 6.29. The number of phenols is 1. The molecule has 2 aromatic rings. The largest absolute Gasteiger partial charge is 0.508 e. The molecule has 0 spiro atoms. The van der Waals surface area contributed by atoms with Crippen LogP contribution in [0.25, 0.3) is 0 Å². The third-order valence-electron chi connectivity index (χ3n) is 4.43. The Bertz CT molecular complexity index is 654. The summed E-state index contributed by atoms with van der Waals surface area (Å²) in [6.45, 7) is 0.597. The van der Waals surface area contributed by atoms with Crippen molar-refractivity contribution in [1.82, 2.24) is 5.32 Å². The number of phenolic OH excluding ortho intramolecular Hbond substituents is 1. The molecule has 1 unspecified atom stereocenters. The highest BCUT2D eigenvalue weighted by molar-refractivity contribution is 6.30. The predicted octanol–water partition coefficient (Wildman–Crippen LogP) is 3.36. The fourth-order valence-electron chi connectivity index (χ4n) is 3.33. The van der Waals surface area contributed by atoms with Crippen LogP contribution in [0.1, 0.15) is 29.5 Å². The highest BCUT2D eigenvalue weighted by Crippen LogP contribution is 2.35. The highest BCUT2D eigenvalue weighted by atomic mass is 35.5. The lowest BCUT2D eigenvalue weighted by molar-refractivity contribution is 0.140. The summed E-state index contributed by atoms with van der Waals surface area (Å²) in [6.07, 6.45) is 3.00. The third kappa shape index (κ3) is 2.98. The van der Waals surface area contributed by atoms with E-state index in [4.69, 9.17) is 11.6 Å². The van der Waals surface area contributed by atoms with Gasteiger partial charge in [0.1, 0.15) is 5.75 Å². The van der Waals surface area contributed by atoms with E-state index < -0.39 is 5.54 Å². The lowest BCUT2D eigenvalue weighted by Crippen LogP contribution is -2.47. The molecule has 1 atom stereocenters. The number of aryl methyl sites for hydroxylation is 1. The third-order valence-corrected chi connectivity index (χ3v) is 4.64. The van der Waals surface area contributed by atoms with Crippen LogP contribution in [0.4, 0.5) is 0 Å². The smallest absolute Gasteiger partial charge is 0.117 e. The van der Waals surface area contributed by atoms with Crippen LogP contribution >= 0.6 is 11.6 Å². The van der Waals surface area contributed by atoms with Gasteiger partial charge in [-0.3, -0.25) is 0 Å². The van der Waals surface area contributed by atoms with E-state index in [1.165, 1.54) is 17.2 Å². The van der Waals surface area contributed by atoms with Crippen molar-refractivity contribution in [3.8, 4) is 5.75 Å². The number of aliphatic hydroxyl groups excluding tert-OH is 1. The quantitative estimate of drug-likeness (QED) is 0.810. The van der Waals surface area contributed by atoms with Gasteiger partial charge in [0.15, 0.2) is 0 Å². The van der Waals surface area contributed by atoms with Crippen LogP contribution in [0.15, 0.2) is 42.5 Å². The van der Waals surface area contributed by atoms with Crippen molar-refractivity contribution in [1.29, 1.82) is 0 Å². The standard InChI is InChI=1S/C18H20ClNO2/c19-15-8-13(9-16(22)10-15)11-20-18(12-21)7-3-5-14-4-1-2-6-17(14)18/h1-2,4,6,8-10,20-22H,3,5,7,11-12H2. The molecular weight excluding hydrogens is 298 g/mol. The summed E-state index contributed by atoms with van der Waals surface area (Å²) in [5.74, 6) is 0.159. The number of halogens is 1. The Balaban J connectivity index is 1.86. The first-order valence-electron chi connectivity index (χ1n) is 7.56. The molecule has 0 bridgehead atoms. The van der Waals surface area contributed by atoms with E-state index in [0.29, 0.717) is 11.6 Å². The molecule has 1 aliphatic carbocycles. The average molecular weight is 318 g/mol. The van der Waals surface area contributed by atoms with Crippen LogP contribution in [0, 0.1) is 0 Å². The van der Waals surface area contributed by atoms with Gasteiger partial charge in [0, 0.05) is 11.6 Å². The van der Waals surface area contributed by atoms with E-state index in [9.17, 15) is 10.2 Å². The number of hydrogen-bond acceptors (Lipinski definition) is 3. The number of rotatable bonds is 4. The van der Waals surface area contributed by atoms with E-state index >= 15 is 0 Å². The molecule has 0 aromatic heterocycles. The van der Waals surface area contributed by atoms with Gasteiger partial charge in [-0.25, -0.2) is 0 Å². The average Bonchev–Trinajstić information content (AvgIpc) is 2.52. The topological polar surface area (TPSA) is 52.5 Å². The van der Waals surface area contributed by atoms with Crippen LogP contribution in [0.3, 0.4) is 0 Å². The van der Waals surface area contributed by atoms with Gasteiger partial charge in [-0.05, 0) is 54.2 Å². The molecular formula is C18H20ClNO2. The summed E-state index contributed by atoms with van der Waals surface area (Å²) < 4.78 is 0. The number of aliphatic hydroxyl groups is 1. The minimum absolute atomic E-state index is 0.0521. The second-order valence-corrected chi connectivity index (χ2v) is 6.36. The molecule has 0 heterocycles. The van der Waals surface area contributed by atoms with Crippen molar-refractivity contribution in [3.05, 3.63) is 64.2 Å². The molecule has 3 N–H and O–H groups in total. The van der Waals surface area contributed by atoms with Crippen LogP contribution in [-0.2, 0) is 18.5 Å². The van der Waals surface area contributed by atoms with Gasteiger partial charge >= 0.3 is 0 Å². The van der Waals surface area contributed by atoms with E-state index in [2.05, 4.69) is 17.4 Å². The van der Waals surface area contributed by atoms with Crippen molar-refractivity contribution in [3.63, 3.8) is 0 Å². The Hall–Kier alpha value is -1.55. The number of nitrogens with one attached hydrogen (secondary N) is 1. The minimum atomic E-state index is -0.424. The zero-order chi connectivity index (χ0) is 15.6. The summed E-state index contributed by atoms with van der Waals surface area (Å²) >= 11 is 5.98. The Labute approximate surface area is 135 Å². The Kier molecular flexibility index (Phi) is 4.39. The van der Waals surface area contributed by atoms with Crippen molar-refractivity contribution >= 4 is 11.6 Å². The lowest BCUT2D eigenvalue weighted by atomic mass is 9.77. The minimum Gasteiger partial charge on any atom is -0.508 e. The van der Waals surface area contributed by atoms with Crippen LogP contribution < -0.4 is 5.32 Å². The zero-order valence-corrected chi connectivity index (χ0v) is 13.1. The molecule has 2 aromatic carbocycles. The fourth-order valence-corrected chi connectivity index (χ4v) is 3.58. The molecule has 3 nitrogen and oxygen atoms in total. The van der Waals surface area contributed by atoms with Crippen LogP contribution in [0.2, 0.25) is 5.02 Å². The molecule has 0 saturated heterocycles.